The van der Waals surface area contributed by atoms with Crippen LogP contribution in [0.3, 0.4) is 0 Å². The fourth-order valence-corrected chi connectivity index (χ4v) is 2.66. The third-order valence-electron chi connectivity index (χ3n) is 4.04. The zero-order valence-corrected chi connectivity index (χ0v) is 14.0. The van der Waals surface area contributed by atoms with Crippen LogP contribution in [0.5, 0.6) is 5.75 Å². The molecule has 1 aromatic rings. The maximum absolute atomic E-state index is 11.9. The molecule has 1 aliphatic heterocycles. The molecule has 0 unspecified atom stereocenters. The summed E-state index contributed by atoms with van der Waals surface area (Å²) in [5.74, 6) is 0.986. The van der Waals surface area contributed by atoms with Crippen LogP contribution in [0.1, 0.15) is 31.2 Å². The van der Waals surface area contributed by atoms with E-state index in [9.17, 15) is 4.79 Å². The van der Waals surface area contributed by atoms with E-state index in [-0.39, 0.29) is 5.91 Å². The number of methoxy groups -OCH3 is 1. The molecule has 2 rings (SSSR count). The molecule has 2 N–H and O–H groups in total. The summed E-state index contributed by atoms with van der Waals surface area (Å²) >= 11 is 0. The van der Waals surface area contributed by atoms with Crippen LogP contribution in [0.4, 0.5) is 0 Å². The van der Waals surface area contributed by atoms with E-state index in [4.69, 9.17) is 9.47 Å². The van der Waals surface area contributed by atoms with Gasteiger partial charge >= 0.3 is 0 Å². The number of carbonyl (C=O) groups excluding carboxylic acids is 1. The normalized spacial score (nSPS) is 15.3. The second-order valence-corrected chi connectivity index (χ2v) is 5.93. The fraction of sp³-hybridized carbons (Fsp3) is 0.611. The number of rotatable bonds is 9. The van der Waals surface area contributed by atoms with E-state index in [0.717, 1.165) is 51.1 Å². The number of piperidine rings is 1. The van der Waals surface area contributed by atoms with Gasteiger partial charge in [0.2, 0.25) is 5.91 Å². The Hall–Kier alpha value is -1.59. The maximum atomic E-state index is 11.9. The van der Waals surface area contributed by atoms with Gasteiger partial charge in [0.1, 0.15) is 5.75 Å². The van der Waals surface area contributed by atoms with Gasteiger partial charge in [-0.05, 0) is 56.5 Å². The minimum absolute atomic E-state index is 0.135. The van der Waals surface area contributed by atoms with Crippen LogP contribution in [-0.2, 0) is 16.0 Å². The lowest BCUT2D eigenvalue weighted by Crippen LogP contribution is -2.42. The molecular formula is C18H28N2O3. The summed E-state index contributed by atoms with van der Waals surface area (Å²) in [5.41, 5.74) is 1.24. The van der Waals surface area contributed by atoms with Gasteiger partial charge in [-0.1, -0.05) is 12.1 Å². The highest BCUT2D eigenvalue weighted by atomic mass is 16.5. The lowest BCUT2D eigenvalue weighted by Gasteiger charge is -2.23. The molecule has 0 aromatic heterocycles. The first kappa shape index (κ1) is 17.8. The average molecular weight is 320 g/mol. The van der Waals surface area contributed by atoms with E-state index in [1.807, 2.05) is 12.1 Å². The number of amides is 1. The minimum atomic E-state index is 0.135. The molecule has 1 aromatic carbocycles. The second kappa shape index (κ2) is 10.2. The molecule has 1 aliphatic rings. The summed E-state index contributed by atoms with van der Waals surface area (Å²) in [4.78, 5) is 11.9. The fourth-order valence-electron chi connectivity index (χ4n) is 2.66. The first-order valence-electron chi connectivity index (χ1n) is 8.48. The molecule has 0 aliphatic carbocycles. The van der Waals surface area contributed by atoms with E-state index in [1.54, 1.807) is 7.11 Å². The van der Waals surface area contributed by atoms with Crippen LogP contribution in [-0.4, -0.2) is 45.4 Å². The lowest BCUT2D eigenvalue weighted by molar-refractivity contribution is -0.122. The van der Waals surface area contributed by atoms with Crippen molar-refractivity contribution in [1.82, 2.24) is 10.6 Å². The van der Waals surface area contributed by atoms with E-state index >= 15 is 0 Å². The van der Waals surface area contributed by atoms with Crippen molar-refractivity contribution >= 4 is 5.91 Å². The minimum Gasteiger partial charge on any atom is -0.494 e. The lowest BCUT2D eigenvalue weighted by atomic mass is 10.1. The number of carbonyl (C=O) groups is 1. The Bertz CT molecular complexity index is 456. The molecule has 1 saturated heterocycles. The highest BCUT2D eigenvalue weighted by Gasteiger charge is 2.14. The molecule has 1 heterocycles. The SMILES string of the molecule is COCCc1ccc(OCCCC(=O)NC2CCNCC2)cc1. The summed E-state index contributed by atoms with van der Waals surface area (Å²) in [6.45, 7) is 3.28. The summed E-state index contributed by atoms with van der Waals surface area (Å²) in [6.07, 6.45) is 4.22. The summed E-state index contributed by atoms with van der Waals surface area (Å²) in [6, 6.07) is 8.39. The Kier molecular flexibility index (Phi) is 7.90. The molecule has 0 saturated carbocycles. The third-order valence-corrected chi connectivity index (χ3v) is 4.04. The largest absolute Gasteiger partial charge is 0.494 e. The van der Waals surface area contributed by atoms with Gasteiger partial charge in [0.15, 0.2) is 0 Å². The summed E-state index contributed by atoms with van der Waals surface area (Å²) < 4.78 is 10.7. The predicted octanol–water partition coefficient (Wildman–Crippen LogP) is 1.90. The van der Waals surface area contributed by atoms with Crippen molar-refractivity contribution in [3.8, 4) is 5.75 Å². The van der Waals surface area contributed by atoms with Crippen LogP contribution in [0.25, 0.3) is 0 Å². The van der Waals surface area contributed by atoms with Gasteiger partial charge < -0.3 is 20.1 Å². The monoisotopic (exact) mass is 320 g/mol. The number of hydrogen-bond acceptors (Lipinski definition) is 4. The van der Waals surface area contributed by atoms with Crippen LogP contribution in [0.15, 0.2) is 24.3 Å². The van der Waals surface area contributed by atoms with Crippen molar-refractivity contribution in [1.29, 1.82) is 0 Å². The Morgan fingerprint density at radius 2 is 1.96 bits per heavy atom. The van der Waals surface area contributed by atoms with Crippen molar-refractivity contribution < 1.29 is 14.3 Å². The third kappa shape index (κ3) is 7.01. The number of nitrogens with one attached hydrogen (secondary N) is 2. The summed E-state index contributed by atoms with van der Waals surface area (Å²) in [7, 11) is 1.71. The zero-order valence-electron chi connectivity index (χ0n) is 14.0. The molecule has 1 fully saturated rings. The Morgan fingerprint density at radius 1 is 1.22 bits per heavy atom. The van der Waals surface area contributed by atoms with Crippen molar-refractivity contribution in [3.05, 3.63) is 29.8 Å². The van der Waals surface area contributed by atoms with E-state index in [1.165, 1.54) is 5.56 Å². The van der Waals surface area contributed by atoms with Crippen molar-refractivity contribution in [2.24, 2.45) is 0 Å². The second-order valence-electron chi connectivity index (χ2n) is 5.93. The highest BCUT2D eigenvalue weighted by molar-refractivity contribution is 5.76. The number of hydrogen-bond donors (Lipinski definition) is 2. The predicted molar refractivity (Wildman–Crippen MR) is 90.8 cm³/mol. The molecule has 5 heteroatoms. The van der Waals surface area contributed by atoms with Crippen LogP contribution in [0.2, 0.25) is 0 Å². The van der Waals surface area contributed by atoms with Gasteiger partial charge in [-0.3, -0.25) is 4.79 Å². The van der Waals surface area contributed by atoms with Crippen LogP contribution in [0, 0.1) is 0 Å². The van der Waals surface area contributed by atoms with Crippen molar-refractivity contribution in [2.45, 2.75) is 38.1 Å². The van der Waals surface area contributed by atoms with Crippen molar-refractivity contribution in [2.75, 3.05) is 33.4 Å². The van der Waals surface area contributed by atoms with Gasteiger partial charge in [0, 0.05) is 19.6 Å². The van der Waals surface area contributed by atoms with Gasteiger partial charge in [-0.2, -0.15) is 0 Å². The first-order valence-corrected chi connectivity index (χ1v) is 8.48. The Balaban J connectivity index is 1.58. The number of benzene rings is 1. The molecule has 0 atom stereocenters. The molecule has 0 spiro atoms. The van der Waals surface area contributed by atoms with Crippen LogP contribution >= 0.6 is 0 Å². The average Bonchev–Trinajstić information content (AvgIpc) is 2.59. The maximum Gasteiger partial charge on any atom is 0.220 e. The Morgan fingerprint density at radius 3 is 2.65 bits per heavy atom. The molecule has 5 nitrogen and oxygen atoms in total. The topological polar surface area (TPSA) is 59.6 Å². The van der Waals surface area contributed by atoms with Crippen molar-refractivity contribution in [3.63, 3.8) is 0 Å². The van der Waals surface area contributed by atoms with Crippen LogP contribution < -0.4 is 15.4 Å². The zero-order chi connectivity index (χ0) is 16.3. The van der Waals surface area contributed by atoms with Gasteiger partial charge in [-0.15, -0.1) is 0 Å². The molecule has 23 heavy (non-hydrogen) atoms. The Labute approximate surface area is 138 Å². The summed E-state index contributed by atoms with van der Waals surface area (Å²) in [5, 5.41) is 6.39. The molecule has 0 radical (unpaired) electrons. The molecule has 0 bridgehead atoms. The highest BCUT2D eigenvalue weighted by Crippen LogP contribution is 2.13. The van der Waals surface area contributed by atoms with Gasteiger partial charge in [0.05, 0.1) is 13.2 Å². The first-order chi connectivity index (χ1) is 11.3. The quantitative estimate of drug-likeness (QED) is 0.682. The molecule has 1 amide bonds. The van der Waals surface area contributed by atoms with Gasteiger partial charge in [0.25, 0.3) is 0 Å². The smallest absolute Gasteiger partial charge is 0.220 e. The van der Waals surface area contributed by atoms with E-state index in [2.05, 4.69) is 22.8 Å². The van der Waals surface area contributed by atoms with E-state index in [0.29, 0.717) is 19.1 Å². The van der Waals surface area contributed by atoms with E-state index < -0.39 is 0 Å². The standard InChI is InChI=1S/C18H28N2O3/c1-22-14-10-15-4-6-17(7-5-15)23-13-2-3-18(21)20-16-8-11-19-12-9-16/h4-7,16,19H,2-3,8-14H2,1H3,(H,20,21). The molecule has 128 valence electrons. The van der Waals surface area contributed by atoms with Gasteiger partial charge in [-0.25, -0.2) is 0 Å². The number of ether oxygens (including phenoxy) is 2. The molecular weight excluding hydrogens is 292 g/mol.